The minimum atomic E-state index is -0.770. The Labute approximate surface area is 129 Å². The summed E-state index contributed by atoms with van der Waals surface area (Å²) >= 11 is 15.0. The van der Waals surface area contributed by atoms with Gasteiger partial charge in [-0.25, -0.2) is 4.39 Å². The molecule has 0 radical (unpaired) electrons. The van der Waals surface area contributed by atoms with E-state index in [0.717, 1.165) is 5.56 Å². The molecule has 19 heavy (non-hydrogen) atoms. The van der Waals surface area contributed by atoms with E-state index in [0.29, 0.717) is 26.5 Å². The molecule has 5 heteroatoms. The van der Waals surface area contributed by atoms with E-state index in [1.165, 1.54) is 6.07 Å². The van der Waals surface area contributed by atoms with Crippen LogP contribution in [0.3, 0.4) is 0 Å². The van der Waals surface area contributed by atoms with Crippen LogP contribution in [0.15, 0.2) is 40.9 Å². The van der Waals surface area contributed by atoms with Gasteiger partial charge in [0.05, 0.1) is 10.6 Å². The lowest BCUT2D eigenvalue weighted by molar-refractivity contribution is 0.178. The number of benzene rings is 2. The number of rotatable bonds is 3. The second-order valence-corrected chi connectivity index (χ2v) is 5.83. The van der Waals surface area contributed by atoms with E-state index in [4.69, 9.17) is 23.2 Å². The van der Waals surface area contributed by atoms with Crippen molar-refractivity contribution < 1.29 is 9.50 Å². The lowest BCUT2D eigenvalue weighted by Gasteiger charge is -2.13. The Morgan fingerprint density at radius 1 is 1.16 bits per heavy atom. The van der Waals surface area contributed by atoms with Gasteiger partial charge in [-0.3, -0.25) is 0 Å². The minimum Gasteiger partial charge on any atom is -0.388 e. The van der Waals surface area contributed by atoms with E-state index >= 15 is 0 Å². The van der Waals surface area contributed by atoms with Crippen LogP contribution in [0.25, 0.3) is 0 Å². The van der Waals surface area contributed by atoms with Gasteiger partial charge in [0.1, 0.15) is 5.82 Å². The highest BCUT2D eigenvalue weighted by Gasteiger charge is 2.13. The van der Waals surface area contributed by atoms with Crippen LogP contribution < -0.4 is 0 Å². The van der Waals surface area contributed by atoms with Gasteiger partial charge >= 0.3 is 0 Å². The summed E-state index contributed by atoms with van der Waals surface area (Å²) in [6.07, 6.45) is -0.454. The average molecular weight is 364 g/mol. The quantitative estimate of drug-likeness (QED) is 0.797. The summed E-state index contributed by atoms with van der Waals surface area (Å²) in [5, 5.41) is 11.3. The van der Waals surface area contributed by atoms with Crippen molar-refractivity contribution in [3.05, 3.63) is 67.9 Å². The highest BCUT2D eigenvalue weighted by atomic mass is 79.9. The van der Waals surface area contributed by atoms with E-state index in [9.17, 15) is 9.50 Å². The van der Waals surface area contributed by atoms with Gasteiger partial charge in [0.15, 0.2) is 0 Å². The van der Waals surface area contributed by atoms with Crippen LogP contribution in [0.5, 0.6) is 0 Å². The average Bonchev–Trinajstić information content (AvgIpc) is 2.37. The van der Waals surface area contributed by atoms with E-state index < -0.39 is 6.10 Å². The standard InChI is InChI=1S/C14H10BrCl2FO/c15-11-6-8(1-4-13(11)18)14(19)7-9-5-10(16)2-3-12(9)17/h1-6,14,19H,7H2. The molecule has 2 aromatic carbocycles. The number of hydrogen-bond donors (Lipinski definition) is 1. The topological polar surface area (TPSA) is 20.2 Å². The maximum Gasteiger partial charge on any atom is 0.137 e. The first-order valence-corrected chi connectivity index (χ1v) is 7.09. The van der Waals surface area contributed by atoms with Crippen molar-refractivity contribution in [3.8, 4) is 0 Å². The molecule has 100 valence electrons. The van der Waals surface area contributed by atoms with Gasteiger partial charge in [-0.05, 0) is 57.4 Å². The van der Waals surface area contributed by atoms with Crippen LogP contribution in [-0.4, -0.2) is 5.11 Å². The normalized spacial score (nSPS) is 12.5. The zero-order chi connectivity index (χ0) is 14.0. The van der Waals surface area contributed by atoms with Crippen molar-refractivity contribution >= 4 is 39.1 Å². The molecular formula is C14H10BrCl2FO. The van der Waals surface area contributed by atoms with Gasteiger partial charge in [-0.15, -0.1) is 0 Å². The fourth-order valence-electron chi connectivity index (χ4n) is 1.75. The Morgan fingerprint density at radius 3 is 2.58 bits per heavy atom. The Balaban J connectivity index is 2.22. The van der Waals surface area contributed by atoms with Gasteiger partial charge in [-0.2, -0.15) is 0 Å². The largest absolute Gasteiger partial charge is 0.388 e. The first-order chi connectivity index (χ1) is 8.97. The molecule has 0 heterocycles. The Kier molecular flexibility index (Phi) is 4.85. The van der Waals surface area contributed by atoms with Gasteiger partial charge in [0, 0.05) is 16.5 Å². The summed E-state index contributed by atoms with van der Waals surface area (Å²) in [7, 11) is 0. The molecule has 0 spiro atoms. The smallest absolute Gasteiger partial charge is 0.137 e. The molecule has 2 aromatic rings. The van der Waals surface area contributed by atoms with E-state index in [2.05, 4.69) is 15.9 Å². The van der Waals surface area contributed by atoms with Crippen molar-refractivity contribution in [2.45, 2.75) is 12.5 Å². The molecule has 0 aliphatic carbocycles. The van der Waals surface area contributed by atoms with Crippen molar-refractivity contribution in [1.82, 2.24) is 0 Å². The monoisotopic (exact) mass is 362 g/mol. The number of aliphatic hydroxyl groups excluding tert-OH is 1. The van der Waals surface area contributed by atoms with Crippen LogP contribution in [0.4, 0.5) is 4.39 Å². The predicted octanol–water partition coefficient (Wildman–Crippen LogP) is 5.17. The molecule has 1 unspecified atom stereocenters. The third kappa shape index (κ3) is 3.69. The zero-order valence-corrected chi connectivity index (χ0v) is 12.8. The van der Waals surface area contributed by atoms with Gasteiger partial charge in [-0.1, -0.05) is 29.3 Å². The van der Waals surface area contributed by atoms with E-state index in [1.54, 1.807) is 30.3 Å². The van der Waals surface area contributed by atoms with E-state index in [-0.39, 0.29) is 5.82 Å². The van der Waals surface area contributed by atoms with Crippen LogP contribution >= 0.6 is 39.1 Å². The maximum atomic E-state index is 13.1. The van der Waals surface area contributed by atoms with Crippen LogP contribution in [-0.2, 0) is 6.42 Å². The molecule has 0 saturated heterocycles. The molecule has 1 N–H and O–H groups in total. The zero-order valence-electron chi connectivity index (χ0n) is 9.71. The summed E-state index contributed by atoms with van der Waals surface area (Å²) in [4.78, 5) is 0. The molecule has 0 bridgehead atoms. The van der Waals surface area contributed by atoms with Crippen molar-refractivity contribution in [2.75, 3.05) is 0 Å². The van der Waals surface area contributed by atoms with Crippen LogP contribution in [0.1, 0.15) is 17.2 Å². The molecule has 0 aliphatic heterocycles. The lowest BCUT2D eigenvalue weighted by Crippen LogP contribution is -2.03. The first-order valence-electron chi connectivity index (χ1n) is 5.54. The van der Waals surface area contributed by atoms with Crippen molar-refractivity contribution in [1.29, 1.82) is 0 Å². The molecule has 0 fully saturated rings. The Morgan fingerprint density at radius 2 is 1.89 bits per heavy atom. The number of aliphatic hydroxyl groups is 1. The molecule has 0 amide bonds. The summed E-state index contributed by atoms with van der Waals surface area (Å²) in [5.41, 5.74) is 1.37. The molecular weight excluding hydrogens is 354 g/mol. The summed E-state index contributed by atoms with van der Waals surface area (Å²) < 4.78 is 13.5. The molecule has 0 aliphatic rings. The minimum absolute atomic E-state index is 0.317. The summed E-state index contributed by atoms with van der Waals surface area (Å²) in [6.45, 7) is 0. The summed E-state index contributed by atoms with van der Waals surface area (Å²) in [6, 6.07) is 9.50. The Hall–Kier alpha value is -0.610. The van der Waals surface area contributed by atoms with Gasteiger partial charge in [0.2, 0.25) is 0 Å². The number of hydrogen-bond acceptors (Lipinski definition) is 1. The second kappa shape index (κ2) is 6.23. The van der Waals surface area contributed by atoms with Crippen LogP contribution in [0, 0.1) is 5.82 Å². The first kappa shape index (κ1) is 14.8. The highest BCUT2D eigenvalue weighted by Crippen LogP contribution is 2.28. The van der Waals surface area contributed by atoms with Crippen molar-refractivity contribution in [2.24, 2.45) is 0 Å². The van der Waals surface area contributed by atoms with Crippen molar-refractivity contribution in [3.63, 3.8) is 0 Å². The highest BCUT2D eigenvalue weighted by molar-refractivity contribution is 9.10. The molecule has 0 saturated carbocycles. The number of halogens is 4. The molecule has 2 rings (SSSR count). The second-order valence-electron chi connectivity index (χ2n) is 4.13. The fraction of sp³-hybridized carbons (Fsp3) is 0.143. The van der Waals surface area contributed by atoms with E-state index in [1.807, 2.05) is 0 Å². The third-order valence-corrected chi connectivity index (χ3v) is 3.96. The van der Waals surface area contributed by atoms with Gasteiger partial charge < -0.3 is 5.11 Å². The summed E-state index contributed by atoms with van der Waals surface area (Å²) in [5.74, 6) is -0.364. The van der Waals surface area contributed by atoms with Gasteiger partial charge in [0.25, 0.3) is 0 Å². The molecule has 1 atom stereocenters. The molecule has 1 nitrogen and oxygen atoms in total. The third-order valence-electron chi connectivity index (χ3n) is 2.75. The SMILES string of the molecule is OC(Cc1cc(Cl)ccc1Cl)c1ccc(F)c(Br)c1. The molecule has 0 aromatic heterocycles. The lowest BCUT2D eigenvalue weighted by atomic mass is 10.0. The van der Waals surface area contributed by atoms with Crippen LogP contribution in [0.2, 0.25) is 10.0 Å². The Bertz CT molecular complexity index is 604. The maximum absolute atomic E-state index is 13.1. The predicted molar refractivity (Wildman–Crippen MR) is 79.2 cm³/mol. The fourth-order valence-corrected chi connectivity index (χ4v) is 2.53.